The molecule has 9 nitrogen and oxygen atoms in total. The largest absolute Gasteiger partial charge is 0.497 e. The molecule has 216 valence electrons. The van der Waals surface area contributed by atoms with Gasteiger partial charge in [0.25, 0.3) is 5.56 Å². The maximum absolute atomic E-state index is 15.5. The fourth-order valence-corrected chi connectivity index (χ4v) is 6.12. The molecule has 41 heavy (non-hydrogen) atoms. The van der Waals surface area contributed by atoms with Crippen molar-refractivity contribution in [1.82, 2.24) is 19.9 Å². The van der Waals surface area contributed by atoms with Crippen LogP contribution in [0.2, 0.25) is 0 Å². The molecule has 11 heteroatoms. The van der Waals surface area contributed by atoms with Crippen molar-refractivity contribution in [2.75, 3.05) is 25.7 Å². The summed E-state index contributed by atoms with van der Waals surface area (Å²) in [6.45, 7) is 3.85. The Hall–Kier alpha value is -3.99. The summed E-state index contributed by atoms with van der Waals surface area (Å²) in [6, 6.07) is 14.6. The number of piperidine rings is 1. The summed E-state index contributed by atoms with van der Waals surface area (Å²) in [7, 11) is 3.08. The van der Waals surface area contributed by atoms with Crippen LogP contribution in [0.15, 0.2) is 53.3 Å². The van der Waals surface area contributed by atoms with E-state index in [1.807, 2.05) is 35.2 Å². The molecule has 0 saturated carbocycles. The van der Waals surface area contributed by atoms with Gasteiger partial charge in [-0.25, -0.2) is 14.4 Å². The predicted molar refractivity (Wildman–Crippen MR) is 158 cm³/mol. The van der Waals surface area contributed by atoms with Crippen molar-refractivity contribution < 1.29 is 18.7 Å². The number of hydrogen-bond donors (Lipinski definition) is 1. The first-order valence-corrected chi connectivity index (χ1v) is 14.4. The van der Waals surface area contributed by atoms with Gasteiger partial charge in [0, 0.05) is 24.7 Å². The van der Waals surface area contributed by atoms with Crippen molar-refractivity contribution in [3.63, 3.8) is 0 Å². The smallest absolute Gasteiger partial charge is 0.281 e. The van der Waals surface area contributed by atoms with Gasteiger partial charge in [0.05, 0.1) is 20.8 Å². The molecular formula is C30H34FN5O4S. The number of fused-ring (bicyclic) bond motifs is 1. The van der Waals surface area contributed by atoms with E-state index in [1.165, 1.54) is 36.9 Å². The Morgan fingerprint density at radius 2 is 1.90 bits per heavy atom. The summed E-state index contributed by atoms with van der Waals surface area (Å²) in [6.07, 6.45) is 2.49. The van der Waals surface area contributed by atoms with Crippen LogP contribution in [0, 0.1) is 0 Å². The van der Waals surface area contributed by atoms with Gasteiger partial charge in [-0.2, -0.15) is 0 Å². The van der Waals surface area contributed by atoms with E-state index in [4.69, 9.17) is 9.47 Å². The third-order valence-electron chi connectivity index (χ3n) is 7.22. The molecule has 1 amide bonds. The fourth-order valence-electron chi connectivity index (χ4n) is 5.11. The standard InChI is InChI=1S/C30H34FN5O4S/c1-30(2,31)28-34-26-24(27(38)36(28)18-20-13-14-21(39-3)16-23(20)40-4)33-29(41-26)35-15-9-8-12-22(35)25(37)32-17-19-10-6-5-7-11-19/h5-7,10-11,13-14,16,22H,8-9,12,15,17-18H2,1-4H3,(H,32,37). The summed E-state index contributed by atoms with van der Waals surface area (Å²) in [5.41, 5.74) is -0.508. The Morgan fingerprint density at radius 3 is 2.61 bits per heavy atom. The summed E-state index contributed by atoms with van der Waals surface area (Å²) >= 11 is 1.21. The maximum atomic E-state index is 15.5. The molecule has 2 aromatic carbocycles. The number of anilines is 1. The topological polar surface area (TPSA) is 98.6 Å². The minimum absolute atomic E-state index is 0.00105. The SMILES string of the molecule is COc1ccc(Cn2c(C(C)(C)F)nc3sc(N4CCCCC4C(=O)NCc4ccccc4)nc3c2=O)c(OC)c1. The van der Waals surface area contributed by atoms with Crippen LogP contribution >= 0.6 is 11.3 Å². The lowest BCUT2D eigenvalue weighted by molar-refractivity contribution is -0.123. The fraction of sp³-hybridized carbons (Fsp3) is 0.400. The van der Waals surface area contributed by atoms with Gasteiger partial charge in [-0.1, -0.05) is 41.7 Å². The minimum atomic E-state index is -1.90. The molecule has 1 N–H and O–H groups in total. The van der Waals surface area contributed by atoms with Crippen molar-refractivity contribution in [3.05, 3.63) is 75.8 Å². The molecule has 1 saturated heterocycles. The van der Waals surface area contributed by atoms with Gasteiger partial charge in [-0.15, -0.1) is 0 Å². The van der Waals surface area contributed by atoms with Gasteiger partial charge in [0.1, 0.15) is 17.5 Å². The molecule has 3 heterocycles. The lowest BCUT2D eigenvalue weighted by atomic mass is 10.0. The monoisotopic (exact) mass is 579 g/mol. The number of ether oxygens (including phenoxy) is 2. The highest BCUT2D eigenvalue weighted by Gasteiger charge is 2.33. The van der Waals surface area contributed by atoms with Gasteiger partial charge in [0.15, 0.2) is 27.0 Å². The van der Waals surface area contributed by atoms with Gasteiger partial charge in [-0.05, 0) is 50.8 Å². The third-order valence-corrected chi connectivity index (χ3v) is 8.21. The maximum Gasteiger partial charge on any atom is 0.281 e. The van der Waals surface area contributed by atoms with Gasteiger partial charge < -0.3 is 19.7 Å². The second-order valence-electron chi connectivity index (χ2n) is 10.5. The highest BCUT2D eigenvalue weighted by Crippen LogP contribution is 2.34. The molecule has 4 aromatic rings. The lowest BCUT2D eigenvalue weighted by Crippen LogP contribution is -2.49. The number of hydrogen-bond acceptors (Lipinski definition) is 8. The number of carbonyl (C=O) groups excluding carboxylic acids is 1. The zero-order valence-electron chi connectivity index (χ0n) is 23.6. The van der Waals surface area contributed by atoms with E-state index in [2.05, 4.69) is 15.3 Å². The van der Waals surface area contributed by atoms with Crippen molar-refractivity contribution in [3.8, 4) is 11.5 Å². The zero-order valence-corrected chi connectivity index (χ0v) is 24.5. The van der Waals surface area contributed by atoms with E-state index in [0.717, 1.165) is 18.4 Å². The third kappa shape index (κ3) is 6.04. The van der Waals surface area contributed by atoms with Crippen molar-refractivity contribution in [2.24, 2.45) is 0 Å². The first-order chi connectivity index (χ1) is 19.7. The van der Waals surface area contributed by atoms with E-state index in [0.29, 0.717) is 46.5 Å². The molecule has 0 spiro atoms. The van der Waals surface area contributed by atoms with E-state index >= 15 is 4.39 Å². The number of aromatic nitrogens is 3. The van der Waals surface area contributed by atoms with Crippen LogP contribution < -0.4 is 25.2 Å². The molecule has 1 aliphatic rings. The first kappa shape index (κ1) is 28.5. The van der Waals surface area contributed by atoms with E-state index in [-0.39, 0.29) is 23.8 Å². The first-order valence-electron chi connectivity index (χ1n) is 13.6. The van der Waals surface area contributed by atoms with Crippen LogP contribution in [0.3, 0.4) is 0 Å². The Bertz CT molecular complexity index is 1600. The highest BCUT2D eigenvalue weighted by molar-refractivity contribution is 7.21. The van der Waals surface area contributed by atoms with Crippen molar-refractivity contribution in [1.29, 1.82) is 0 Å². The summed E-state index contributed by atoms with van der Waals surface area (Å²) in [5.74, 6) is 1.02. The van der Waals surface area contributed by atoms with Gasteiger partial charge >= 0.3 is 0 Å². The van der Waals surface area contributed by atoms with Crippen LogP contribution in [0.4, 0.5) is 9.52 Å². The van der Waals surface area contributed by atoms with Crippen LogP contribution in [-0.2, 0) is 23.6 Å². The normalized spacial score (nSPS) is 15.6. The molecular weight excluding hydrogens is 545 g/mol. The zero-order chi connectivity index (χ0) is 29.1. The van der Waals surface area contributed by atoms with Crippen LogP contribution in [0.5, 0.6) is 11.5 Å². The van der Waals surface area contributed by atoms with Crippen molar-refractivity contribution >= 4 is 32.7 Å². The van der Waals surface area contributed by atoms with E-state index in [9.17, 15) is 9.59 Å². The Morgan fingerprint density at radius 1 is 1.12 bits per heavy atom. The van der Waals surface area contributed by atoms with Crippen LogP contribution in [-0.4, -0.2) is 47.2 Å². The number of benzene rings is 2. The molecule has 1 aliphatic heterocycles. The summed E-state index contributed by atoms with van der Waals surface area (Å²) in [5, 5.41) is 3.58. The van der Waals surface area contributed by atoms with E-state index < -0.39 is 17.3 Å². The molecule has 0 radical (unpaired) electrons. The second kappa shape index (κ2) is 11.9. The number of halogens is 1. The molecule has 1 unspecified atom stereocenters. The number of thiazole rings is 1. The summed E-state index contributed by atoms with van der Waals surface area (Å²) < 4.78 is 27.6. The Kier molecular flexibility index (Phi) is 8.25. The Labute approximate surface area is 242 Å². The van der Waals surface area contributed by atoms with Crippen LogP contribution in [0.25, 0.3) is 10.3 Å². The number of rotatable bonds is 9. The Balaban J connectivity index is 1.50. The summed E-state index contributed by atoms with van der Waals surface area (Å²) in [4.78, 5) is 38.7. The second-order valence-corrected chi connectivity index (χ2v) is 11.5. The number of alkyl halides is 1. The molecule has 1 atom stereocenters. The number of nitrogens with one attached hydrogen (secondary N) is 1. The quantitative estimate of drug-likeness (QED) is 0.304. The minimum Gasteiger partial charge on any atom is -0.497 e. The molecule has 5 rings (SSSR count). The van der Waals surface area contributed by atoms with Crippen LogP contribution in [0.1, 0.15) is 50.1 Å². The highest BCUT2D eigenvalue weighted by atomic mass is 32.1. The number of amides is 1. The predicted octanol–water partition coefficient (Wildman–Crippen LogP) is 4.80. The van der Waals surface area contributed by atoms with Crippen molar-refractivity contribution in [2.45, 2.75) is 57.9 Å². The van der Waals surface area contributed by atoms with Gasteiger partial charge in [0.2, 0.25) is 5.91 Å². The molecule has 1 fully saturated rings. The lowest BCUT2D eigenvalue weighted by Gasteiger charge is -2.34. The molecule has 2 aromatic heterocycles. The average molecular weight is 580 g/mol. The number of methoxy groups -OCH3 is 2. The van der Waals surface area contributed by atoms with Gasteiger partial charge in [-0.3, -0.25) is 14.2 Å². The molecule has 0 bridgehead atoms. The average Bonchev–Trinajstić information content (AvgIpc) is 3.42. The van der Waals surface area contributed by atoms with E-state index in [1.54, 1.807) is 25.3 Å². The number of nitrogens with zero attached hydrogens (tertiary/aromatic N) is 4. The number of carbonyl (C=O) groups is 1. The molecule has 0 aliphatic carbocycles.